The summed E-state index contributed by atoms with van der Waals surface area (Å²) >= 11 is 0. The number of nitrogens with zero attached hydrogens (tertiary/aromatic N) is 2. The van der Waals surface area contributed by atoms with Crippen molar-refractivity contribution in [3.8, 4) is 0 Å². The van der Waals surface area contributed by atoms with E-state index >= 15 is 0 Å². The Morgan fingerprint density at radius 3 is 2.39 bits per heavy atom. The fourth-order valence-electron chi connectivity index (χ4n) is 3.01. The van der Waals surface area contributed by atoms with E-state index in [9.17, 15) is 22.4 Å². The van der Waals surface area contributed by atoms with Gasteiger partial charge in [-0.3, -0.25) is 9.59 Å². The Morgan fingerprint density at radius 1 is 1.10 bits per heavy atom. The van der Waals surface area contributed by atoms with Crippen LogP contribution in [-0.4, -0.2) is 49.6 Å². The molecule has 0 aromatic heterocycles. The maximum atomic E-state index is 13.0. The second-order valence-corrected chi connectivity index (χ2v) is 9.21. The smallest absolute Gasteiger partial charge is 0.242 e. The van der Waals surface area contributed by atoms with Crippen LogP contribution in [0.3, 0.4) is 0 Å². The molecule has 2 amide bonds. The number of carbonyl (C=O) groups is 2. The lowest BCUT2D eigenvalue weighted by atomic mass is 10.1. The van der Waals surface area contributed by atoms with Crippen LogP contribution in [0.2, 0.25) is 0 Å². The molecule has 7 nitrogen and oxygen atoms in total. The quantitative estimate of drug-likeness (QED) is 0.603. The Labute approximate surface area is 182 Å². The molecular weight excluding hydrogens is 421 g/mol. The number of nitrogens with one attached hydrogen (secondary N) is 1. The van der Waals surface area contributed by atoms with Gasteiger partial charge in [0.1, 0.15) is 5.82 Å². The summed E-state index contributed by atoms with van der Waals surface area (Å²) in [5.74, 6) is -0.758. The molecule has 2 aromatic rings. The van der Waals surface area contributed by atoms with Gasteiger partial charge in [0.15, 0.2) is 0 Å². The molecule has 0 atom stereocenters. The van der Waals surface area contributed by atoms with E-state index in [1.54, 1.807) is 11.0 Å². The second-order valence-electron chi connectivity index (χ2n) is 7.17. The number of hydrogen-bond donors (Lipinski definition) is 1. The van der Waals surface area contributed by atoms with Gasteiger partial charge in [-0.2, -0.15) is 0 Å². The van der Waals surface area contributed by atoms with Gasteiger partial charge < -0.3 is 10.2 Å². The number of anilines is 1. The average Bonchev–Trinajstić information content (AvgIpc) is 2.72. The lowest BCUT2D eigenvalue weighted by molar-refractivity contribution is -0.129. The van der Waals surface area contributed by atoms with Crippen LogP contribution in [0, 0.1) is 5.82 Å². The van der Waals surface area contributed by atoms with Crippen molar-refractivity contribution in [2.24, 2.45) is 0 Å². The number of rotatable bonds is 10. The zero-order valence-corrected chi connectivity index (χ0v) is 18.8. The van der Waals surface area contributed by atoms with Gasteiger partial charge in [-0.05, 0) is 55.3 Å². The summed E-state index contributed by atoms with van der Waals surface area (Å²) in [5.41, 5.74) is 1.52. The van der Waals surface area contributed by atoms with Gasteiger partial charge in [0.25, 0.3) is 0 Å². The number of carbonyl (C=O) groups excluding carboxylic acids is 2. The topological polar surface area (TPSA) is 86.8 Å². The van der Waals surface area contributed by atoms with Crippen molar-refractivity contribution in [1.82, 2.24) is 9.21 Å². The summed E-state index contributed by atoms with van der Waals surface area (Å²) in [5, 5.41) is 2.80. The summed E-state index contributed by atoms with van der Waals surface area (Å²) in [6.45, 7) is 4.63. The fraction of sp³-hybridized carbons (Fsp3) is 0.364. The molecule has 168 valence electrons. The van der Waals surface area contributed by atoms with Gasteiger partial charge in [0.05, 0.1) is 4.90 Å². The molecule has 2 rings (SSSR count). The molecule has 2 aromatic carbocycles. The maximum absolute atomic E-state index is 13.0. The first-order valence-electron chi connectivity index (χ1n) is 9.99. The molecule has 0 aliphatic rings. The standard InChI is InChI=1S/C22H28FN3O4S/c1-4-26(17(2)27)16-18-7-5-8-20(15-18)24-22(28)9-6-14-25(3)31(29,30)21-12-10-19(23)11-13-21/h5,7-8,10-13,15H,4,6,9,14,16H2,1-3H3,(H,24,28). The zero-order chi connectivity index (χ0) is 23.0. The van der Waals surface area contributed by atoms with Crippen molar-refractivity contribution in [1.29, 1.82) is 0 Å². The lowest BCUT2D eigenvalue weighted by Crippen LogP contribution is -2.28. The molecule has 0 aliphatic heterocycles. The van der Waals surface area contributed by atoms with E-state index in [-0.39, 0.29) is 29.7 Å². The summed E-state index contributed by atoms with van der Waals surface area (Å²) in [6, 6.07) is 11.9. The van der Waals surface area contributed by atoms with E-state index in [4.69, 9.17) is 0 Å². The molecule has 0 bridgehead atoms. The van der Waals surface area contributed by atoms with E-state index in [1.165, 1.54) is 26.1 Å². The third-order valence-electron chi connectivity index (χ3n) is 4.81. The van der Waals surface area contributed by atoms with Crippen molar-refractivity contribution >= 4 is 27.5 Å². The van der Waals surface area contributed by atoms with Crippen LogP contribution in [0.1, 0.15) is 32.3 Å². The number of sulfonamides is 1. The fourth-order valence-corrected chi connectivity index (χ4v) is 4.22. The van der Waals surface area contributed by atoms with Crippen molar-refractivity contribution in [3.63, 3.8) is 0 Å². The molecule has 0 unspecified atom stereocenters. The molecule has 0 radical (unpaired) electrons. The minimum absolute atomic E-state index is 0.00403. The molecule has 1 N–H and O–H groups in total. The molecule has 31 heavy (non-hydrogen) atoms. The van der Waals surface area contributed by atoms with Crippen LogP contribution < -0.4 is 5.32 Å². The Hall–Kier alpha value is -2.78. The molecule has 0 saturated heterocycles. The van der Waals surface area contributed by atoms with Crippen molar-refractivity contribution in [3.05, 3.63) is 59.9 Å². The molecule has 0 spiro atoms. The molecule has 0 heterocycles. The summed E-state index contributed by atoms with van der Waals surface area (Å²) < 4.78 is 39.1. The second kappa shape index (κ2) is 11.0. The number of amides is 2. The Kier molecular flexibility index (Phi) is 8.70. The van der Waals surface area contributed by atoms with Crippen molar-refractivity contribution in [2.75, 3.05) is 25.5 Å². The Morgan fingerprint density at radius 2 is 1.77 bits per heavy atom. The van der Waals surface area contributed by atoms with Crippen LogP contribution in [0.4, 0.5) is 10.1 Å². The zero-order valence-electron chi connectivity index (χ0n) is 18.0. The third kappa shape index (κ3) is 7.15. The molecule has 0 fully saturated rings. The molecule has 9 heteroatoms. The number of halogens is 1. The minimum Gasteiger partial charge on any atom is -0.339 e. The van der Waals surface area contributed by atoms with E-state index in [0.29, 0.717) is 25.2 Å². The van der Waals surface area contributed by atoms with Crippen LogP contribution in [0.25, 0.3) is 0 Å². The SMILES string of the molecule is CCN(Cc1cccc(NC(=O)CCCN(C)S(=O)(=O)c2ccc(F)cc2)c1)C(C)=O. The minimum atomic E-state index is -3.74. The number of hydrogen-bond acceptors (Lipinski definition) is 4. The predicted octanol–water partition coefficient (Wildman–Crippen LogP) is 3.23. The summed E-state index contributed by atoms with van der Waals surface area (Å²) in [6.07, 6.45) is 0.471. The van der Waals surface area contributed by atoms with Gasteiger partial charge in [-0.15, -0.1) is 0 Å². The highest BCUT2D eigenvalue weighted by Gasteiger charge is 2.20. The first-order valence-corrected chi connectivity index (χ1v) is 11.4. The first-order chi connectivity index (χ1) is 14.6. The van der Waals surface area contributed by atoms with Gasteiger partial charge in [0, 0.05) is 45.7 Å². The number of benzene rings is 2. The van der Waals surface area contributed by atoms with Crippen LogP contribution >= 0.6 is 0 Å². The Bertz CT molecular complexity index is 1010. The van der Waals surface area contributed by atoms with E-state index in [0.717, 1.165) is 22.0 Å². The highest BCUT2D eigenvalue weighted by molar-refractivity contribution is 7.89. The Balaban J connectivity index is 1.87. The lowest BCUT2D eigenvalue weighted by Gasteiger charge is -2.19. The van der Waals surface area contributed by atoms with Gasteiger partial charge >= 0.3 is 0 Å². The summed E-state index contributed by atoms with van der Waals surface area (Å²) in [7, 11) is -2.31. The molecule has 0 aliphatic carbocycles. The van der Waals surface area contributed by atoms with E-state index < -0.39 is 15.8 Å². The van der Waals surface area contributed by atoms with Gasteiger partial charge in [-0.1, -0.05) is 12.1 Å². The molecule has 0 saturated carbocycles. The van der Waals surface area contributed by atoms with Crippen molar-refractivity contribution in [2.45, 2.75) is 38.1 Å². The summed E-state index contributed by atoms with van der Waals surface area (Å²) in [4.78, 5) is 25.5. The average molecular weight is 450 g/mol. The first kappa shape index (κ1) is 24.5. The van der Waals surface area contributed by atoms with Gasteiger partial charge in [-0.25, -0.2) is 17.1 Å². The normalized spacial score (nSPS) is 11.4. The predicted molar refractivity (Wildman–Crippen MR) is 117 cm³/mol. The maximum Gasteiger partial charge on any atom is 0.242 e. The molecular formula is C22H28FN3O4S. The highest BCUT2D eigenvalue weighted by atomic mass is 32.2. The van der Waals surface area contributed by atoms with Gasteiger partial charge in [0.2, 0.25) is 21.8 Å². The third-order valence-corrected chi connectivity index (χ3v) is 6.68. The van der Waals surface area contributed by atoms with Crippen LogP contribution in [0.15, 0.2) is 53.4 Å². The highest BCUT2D eigenvalue weighted by Crippen LogP contribution is 2.16. The van der Waals surface area contributed by atoms with Crippen LogP contribution in [-0.2, 0) is 26.2 Å². The van der Waals surface area contributed by atoms with Crippen molar-refractivity contribution < 1.29 is 22.4 Å². The largest absolute Gasteiger partial charge is 0.339 e. The van der Waals surface area contributed by atoms with Crippen LogP contribution in [0.5, 0.6) is 0 Å². The monoisotopic (exact) mass is 449 g/mol. The van der Waals surface area contributed by atoms with E-state index in [2.05, 4.69) is 5.32 Å². The van der Waals surface area contributed by atoms with E-state index in [1.807, 2.05) is 25.1 Å².